The maximum atomic E-state index is 13.2. The van der Waals surface area contributed by atoms with E-state index in [1.54, 1.807) is 0 Å². The molecule has 5 heteroatoms. The van der Waals surface area contributed by atoms with Crippen LogP contribution in [0, 0.1) is 5.92 Å². The molecule has 4 nitrogen and oxygen atoms in total. The van der Waals surface area contributed by atoms with Gasteiger partial charge in [-0.2, -0.15) is 0 Å². The van der Waals surface area contributed by atoms with E-state index in [-0.39, 0.29) is 12.2 Å². The van der Waals surface area contributed by atoms with Gasteiger partial charge in [-0.25, -0.2) is 0 Å². The maximum Gasteiger partial charge on any atom is 0.231 e. The Bertz CT molecular complexity index is 1120. The molecule has 0 saturated heterocycles. The third kappa shape index (κ3) is 3.62. The van der Waals surface area contributed by atoms with Gasteiger partial charge in [0, 0.05) is 34.8 Å². The highest BCUT2D eigenvalue weighted by molar-refractivity contribution is 6.31. The Morgan fingerprint density at radius 1 is 1.00 bits per heavy atom. The van der Waals surface area contributed by atoms with Gasteiger partial charge in [0.15, 0.2) is 16.9 Å². The second-order valence-corrected chi connectivity index (χ2v) is 8.54. The van der Waals surface area contributed by atoms with Gasteiger partial charge < -0.3 is 14.0 Å². The maximum absolute atomic E-state index is 13.2. The first-order chi connectivity index (χ1) is 14.2. The third-order valence-electron chi connectivity index (χ3n) is 6.18. The Hall–Kier alpha value is -2.46. The van der Waals surface area contributed by atoms with Crippen LogP contribution in [0.25, 0.3) is 10.9 Å². The monoisotopic (exact) mass is 409 g/mol. The summed E-state index contributed by atoms with van der Waals surface area (Å²) in [6.07, 6.45) is 9.22. The first-order valence-corrected chi connectivity index (χ1v) is 10.8. The highest BCUT2D eigenvalue weighted by atomic mass is 35.5. The summed E-state index contributed by atoms with van der Waals surface area (Å²) in [6, 6.07) is 11.6. The topological polar surface area (TPSA) is 40.5 Å². The molecule has 29 heavy (non-hydrogen) atoms. The van der Waals surface area contributed by atoms with E-state index in [2.05, 4.69) is 4.57 Å². The van der Waals surface area contributed by atoms with Crippen LogP contribution in [0.15, 0.2) is 47.4 Å². The zero-order valence-electron chi connectivity index (χ0n) is 16.3. The fourth-order valence-electron chi connectivity index (χ4n) is 4.65. The summed E-state index contributed by atoms with van der Waals surface area (Å²) in [5, 5.41) is 1.42. The fraction of sp³-hybridized carbons (Fsp3) is 0.375. The van der Waals surface area contributed by atoms with E-state index in [4.69, 9.17) is 21.1 Å². The molecule has 1 saturated carbocycles. The van der Waals surface area contributed by atoms with E-state index in [1.807, 2.05) is 42.6 Å². The molecule has 0 spiro atoms. The summed E-state index contributed by atoms with van der Waals surface area (Å²) < 4.78 is 13.1. The minimum Gasteiger partial charge on any atom is -0.454 e. The predicted molar refractivity (Wildman–Crippen MR) is 115 cm³/mol. The second-order valence-electron chi connectivity index (χ2n) is 8.13. The smallest absolute Gasteiger partial charge is 0.231 e. The van der Waals surface area contributed by atoms with Crippen LogP contribution in [0.4, 0.5) is 0 Å². The van der Waals surface area contributed by atoms with E-state index >= 15 is 0 Å². The number of fused-ring (bicyclic) bond motifs is 2. The number of hydrogen-bond acceptors (Lipinski definition) is 3. The highest BCUT2D eigenvalue weighted by Gasteiger charge is 2.19. The molecular formula is C24H24ClNO3. The standard InChI is InChI=1S/C24H24ClNO3/c25-20-12-23-22(28-15-29-23)11-17(20)13-26-14-18(10-16-6-2-1-3-7-16)24(27)19-8-4-5-9-21(19)26/h4-5,8-9,11-12,14,16H,1-3,6-7,10,13,15H2. The van der Waals surface area contributed by atoms with Gasteiger partial charge in [-0.3, -0.25) is 4.79 Å². The first-order valence-electron chi connectivity index (χ1n) is 10.4. The number of hydrogen-bond donors (Lipinski definition) is 0. The van der Waals surface area contributed by atoms with Crippen molar-refractivity contribution in [3.63, 3.8) is 0 Å². The summed E-state index contributed by atoms with van der Waals surface area (Å²) in [7, 11) is 0. The molecular weight excluding hydrogens is 386 g/mol. The van der Waals surface area contributed by atoms with Crippen molar-refractivity contribution in [3.05, 3.63) is 69.0 Å². The summed E-state index contributed by atoms with van der Waals surface area (Å²) in [5.41, 5.74) is 2.96. The number of pyridine rings is 1. The Morgan fingerprint density at radius 3 is 2.59 bits per heavy atom. The summed E-state index contributed by atoms with van der Waals surface area (Å²) in [5.74, 6) is 2.01. The molecule has 1 aliphatic carbocycles. The predicted octanol–water partition coefficient (Wildman–Crippen LogP) is 5.55. The minimum absolute atomic E-state index is 0.166. The molecule has 2 aliphatic rings. The summed E-state index contributed by atoms with van der Waals surface area (Å²) in [6.45, 7) is 0.801. The number of benzene rings is 2. The molecule has 5 rings (SSSR count). The van der Waals surface area contributed by atoms with Crippen LogP contribution in [0.5, 0.6) is 11.5 Å². The lowest BCUT2D eigenvalue weighted by Crippen LogP contribution is -2.19. The largest absolute Gasteiger partial charge is 0.454 e. The molecule has 2 heterocycles. The van der Waals surface area contributed by atoms with Gasteiger partial charge in [-0.1, -0.05) is 55.8 Å². The van der Waals surface area contributed by atoms with Crippen LogP contribution in [0.3, 0.4) is 0 Å². The van der Waals surface area contributed by atoms with E-state index < -0.39 is 0 Å². The van der Waals surface area contributed by atoms with Gasteiger partial charge in [0.2, 0.25) is 6.79 Å². The van der Waals surface area contributed by atoms with E-state index in [9.17, 15) is 4.79 Å². The fourth-order valence-corrected chi connectivity index (χ4v) is 4.86. The molecule has 1 fully saturated rings. The molecule has 1 aliphatic heterocycles. The van der Waals surface area contributed by atoms with Gasteiger partial charge in [-0.05, 0) is 36.1 Å². The van der Waals surface area contributed by atoms with Gasteiger partial charge in [-0.15, -0.1) is 0 Å². The lowest BCUT2D eigenvalue weighted by Gasteiger charge is -2.22. The Balaban J connectivity index is 1.56. The van der Waals surface area contributed by atoms with Gasteiger partial charge in [0.25, 0.3) is 0 Å². The molecule has 0 unspecified atom stereocenters. The molecule has 3 aromatic rings. The van der Waals surface area contributed by atoms with E-state index in [1.165, 1.54) is 32.1 Å². The molecule has 0 N–H and O–H groups in total. The Labute approximate surface area is 175 Å². The lowest BCUT2D eigenvalue weighted by atomic mass is 9.85. The molecule has 0 amide bonds. The number of aromatic nitrogens is 1. The Morgan fingerprint density at radius 2 is 1.76 bits per heavy atom. The number of para-hydroxylation sites is 1. The number of rotatable bonds is 4. The average molecular weight is 410 g/mol. The van der Waals surface area contributed by atoms with Crippen LogP contribution in [-0.4, -0.2) is 11.4 Å². The van der Waals surface area contributed by atoms with Crippen molar-refractivity contribution in [2.75, 3.05) is 6.79 Å². The van der Waals surface area contributed by atoms with Crippen molar-refractivity contribution < 1.29 is 9.47 Å². The highest BCUT2D eigenvalue weighted by Crippen LogP contribution is 2.37. The van der Waals surface area contributed by atoms with Crippen LogP contribution < -0.4 is 14.9 Å². The zero-order valence-corrected chi connectivity index (χ0v) is 17.1. The van der Waals surface area contributed by atoms with Gasteiger partial charge in [0.1, 0.15) is 0 Å². The van der Waals surface area contributed by atoms with E-state index in [0.29, 0.717) is 23.2 Å². The normalized spacial score (nSPS) is 16.4. The number of ether oxygens (including phenoxy) is 2. The molecule has 0 radical (unpaired) electrons. The van der Waals surface area contributed by atoms with Gasteiger partial charge in [0.05, 0.1) is 5.52 Å². The molecule has 0 atom stereocenters. The van der Waals surface area contributed by atoms with Crippen molar-refractivity contribution in [2.24, 2.45) is 5.92 Å². The van der Waals surface area contributed by atoms with Crippen LogP contribution in [-0.2, 0) is 13.0 Å². The molecule has 1 aromatic heterocycles. The summed E-state index contributed by atoms with van der Waals surface area (Å²) >= 11 is 6.53. The number of nitrogens with zero attached hydrogens (tertiary/aromatic N) is 1. The Kier molecular flexibility index (Phi) is 4.96. The SMILES string of the molecule is O=c1c(CC2CCCCC2)cn(Cc2cc3c(cc2Cl)OCO3)c2ccccc12. The number of halogens is 1. The lowest BCUT2D eigenvalue weighted by molar-refractivity contribution is 0.174. The third-order valence-corrected chi connectivity index (χ3v) is 6.53. The van der Waals surface area contributed by atoms with Crippen LogP contribution in [0.1, 0.15) is 43.2 Å². The average Bonchev–Trinajstić information content (AvgIpc) is 3.19. The van der Waals surface area contributed by atoms with E-state index in [0.717, 1.165) is 34.2 Å². The van der Waals surface area contributed by atoms with Crippen molar-refractivity contribution in [1.29, 1.82) is 0 Å². The molecule has 150 valence electrons. The van der Waals surface area contributed by atoms with Crippen molar-refractivity contribution >= 4 is 22.5 Å². The van der Waals surface area contributed by atoms with Crippen LogP contribution in [0.2, 0.25) is 5.02 Å². The van der Waals surface area contributed by atoms with Gasteiger partial charge >= 0.3 is 0 Å². The zero-order chi connectivity index (χ0) is 19.8. The molecule has 2 aromatic carbocycles. The summed E-state index contributed by atoms with van der Waals surface area (Å²) in [4.78, 5) is 13.2. The van der Waals surface area contributed by atoms with Crippen molar-refractivity contribution in [1.82, 2.24) is 4.57 Å². The minimum atomic E-state index is 0.166. The van der Waals surface area contributed by atoms with Crippen LogP contribution >= 0.6 is 11.6 Å². The quantitative estimate of drug-likeness (QED) is 0.566. The second kappa shape index (κ2) is 7.75. The van der Waals surface area contributed by atoms with Crippen molar-refractivity contribution in [3.8, 4) is 11.5 Å². The van der Waals surface area contributed by atoms with Crippen molar-refractivity contribution in [2.45, 2.75) is 45.1 Å². The molecule has 0 bridgehead atoms. The first kappa shape index (κ1) is 18.6.